The van der Waals surface area contributed by atoms with Gasteiger partial charge in [0.1, 0.15) is 5.75 Å². The normalized spacial score (nSPS) is 18.7. The Morgan fingerprint density at radius 3 is 2.00 bits per heavy atom. The third-order valence-electron chi connectivity index (χ3n) is 5.09. The van der Waals surface area contributed by atoms with Crippen molar-refractivity contribution in [1.29, 1.82) is 0 Å². The number of aliphatic hydroxyl groups is 2. The first kappa shape index (κ1) is 19.0. The number of ether oxygens (including phenoxy) is 1. The van der Waals surface area contributed by atoms with Crippen molar-refractivity contribution in [3.8, 4) is 5.75 Å². The monoisotopic (exact) mass is 368 g/mol. The Morgan fingerprint density at radius 2 is 1.48 bits per heavy atom. The fraction of sp³-hybridized carbons (Fsp3) is 0.364. The number of benzene rings is 1. The molecule has 1 aromatic rings. The van der Waals surface area contributed by atoms with Crippen molar-refractivity contribution in [3.63, 3.8) is 0 Å². The number of para-hydroxylation sites is 1. The van der Waals surface area contributed by atoms with Crippen LogP contribution >= 0.6 is 0 Å². The maximum absolute atomic E-state index is 12.5. The minimum atomic E-state index is -0.754. The predicted molar refractivity (Wildman–Crippen MR) is 103 cm³/mol. The Kier molecular flexibility index (Phi) is 5.79. The number of aliphatic hydroxyl groups excluding tert-OH is 2. The molecule has 2 N–H and O–H groups in total. The number of rotatable bonds is 5. The predicted octanol–water partition coefficient (Wildman–Crippen LogP) is 4.45. The van der Waals surface area contributed by atoms with Crippen LogP contribution in [0.1, 0.15) is 44.1 Å². The van der Waals surface area contributed by atoms with Gasteiger partial charge in [0.05, 0.1) is 18.6 Å². The van der Waals surface area contributed by atoms with E-state index in [1.165, 1.54) is 0 Å². The lowest BCUT2D eigenvalue weighted by Crippen LogP contribution is -2.25. The molecule has 2 aliphatic rings. The van der Waals surface area contributed by atoms with Crippen LogP contribution in [0.5, 0.6) is 5.75 Å². The molecule has 0 saturated heterocycles. The zero-order valence-electron chi connectivity index (χ0n) is 15.4. The van der Waals surface area contributed by atoms with Crippen LogP contribution in [0.2, 0.25) is 0 Å². The number of allylic oxidation sites excluding steroid dienone is 5. The smallest absolute Gasteiger partial charge is 0.163 e. The second kappa shape index (κ2) is 8.25. The number of hydrogen-bond donors (Lipinski definition) is 2. The highest BCUT2D eigenvalue weighted by Gasteiger charge is 2.34. The molecule has 0 amide bonds. The molecule has 0 atom stereocenters. The number of methoxy groups -OCH3 is 1. The largest absolute Gasteiger partial charge is 0.512 e. The van der Waals surface area contributed by atoms with Crippen molar-refractivity contribution < 1.29 is 24.5 Å². The summed E-state index contributed by atoms with van der Waals surface area (Å²) < 4.78 is 5.35. The molecule has 0 radical (unpaired) electrons. The molecule has 1 aromatic carbocycles. The quantitative estimate of drug-likeness (QED) is 0.802. The first-order valence-electron chi connectivity index (χ1n) is 9.24. The van der Waals surface area contributed by atoms with Crippen LogP contribution in [0.15, 0.2) is 53.0 Å². The highest BCUT2D eigenvalue weighted by atomic mass is 16.5. The summed E-state index contributed by atoms with van der Waals surface area (Å²) in [6.07, 6.45) is 6.15. The van der Waals surface area contributed by atoms with Crippen LogP contribution in [-0.2, 0) is 9.59 Å². The molecular weight excluding hydrogens is 344 g/mol. The van der Waals surface area contributed by atoms with E-state index in [1.807, 2.05) is 24.3 Å². The summed E-state index contributed by atoms with van der Waals surface area (Å²) in [7, 11) is 1.57. The van der Waals surface area contributed by atoms with Crippen molar-refractivity contribution >= 4 is 17.6 Å². The van der Waals surface area contributed by atoms with Crippen LogP contribution in [-0.4, -0.2) is 28.9 Å². The molecule has 2 aliphatic carbocycles. The van der Waals surface area contributed by atoms with Gasteiger partial charge in [-0.3, -0.25) is 9.59 Å². The Hall–Kier alpha value is -2.82. The van der Waals surface area contributed by atoms with Crippen LogP contribution in [0.3, 0.4) is 0 Å². The zero-order chi connectivity index (χ0) is 19.4. The summed E-state index contributed by atoms with van der Waals surface area (Å²) in [6, 6.07) is 7.40. The maximum atomic E-state index is 12.5. The van der Waals surface area contributed by atoms with Gasteiger partial charge in [-0.1, -0.05) is 30.4 Å². The Labute approximate surface area is 158 Å². The van der Waals surface area contributed by atoms with E-state index in [9.17, 15) is 19.8 Å². The highest BCUT2D eigenvalue weighted by Crippen LogP contribution is 2.37. The molecule has 0 bridgehead atoms. The summed E-state index contributed by atoms with van der Waals surface area (Å²) >= 11 is 0. The van der Waals surface area contributed by atoms with E-state index in [1.54, 1.807) is 19.3 Å². The lowest BCUT2D eigenvalue weighted by molar-refractivity contribution is -0.117. The standard InChI is InChI=1S/C22H24O5/c1-27-20-11-3-2-6-14(20)12-13-15(21-16(23)7-4-8-17(21)24)22-18(25)9-5-10-19(22)26/h2-3,6,11-13,15,23,25H,4-5,7-10H2,1H3/b13-12+. The van der Waals surface area contributed by atoms with Gasteiger partial charge in [0.2, 0.25) is 0 Å². The number of carbonyl (C=O) groups excluding carboxylic acids is 2. The number of carbonyl (C=O) groups is 2. The van der Waals surface area contributed by atoms with E-state index in [2.05, 4.69) is 0 Å². The van der Waals surface area contributed by atoms with Crippen LogP contribution < -0.4 is 4.74 Å². The molecule has 0 saturated carbocycles. The van der Waals surface area contributed by atoms with Crippen LogP contribution in [0.4, 0.5) is 0 Å². The van der Waals surface area contributed by atoms with Gasteiger partial charge in [-0.05, 0) is 18.9 Å². The maximum Gasteiger partial charge on any atom is 0.163 e. The molecule has 0 unspecified atom stereocenters. The summed E-state index contributed by atoms with van der Waals surface area (Å²) in [6.45, 7) is 0. The number of hydrogen-bond acceptors (Lipinski definition) is 5. The van der Waals surface area contributed by atoms with E-state index in [0.717, 1.165) is 5.56 Å². The highest BCUT2D eigenvalue weighted by molar-refractivity contribution is 6.04. The number of ketones is 2. The van der Waals surface area contributed by atoms with Crippen LogP contribution in [0, 0.1) is 5.92 Å². The summed E-state index contributed by atoms with van der Waals surface area (Å²) in [4.78, 5) is 25.1. The van der Waals surface area contributed by atoms with E-state index in [-0.39, 0.29) is 34.2 Å². The van der Waals surface area contributed by atoms with Gasteiger partial charge in [0.15, 0.2) is 11.6 Å². The molecule has 27 heavy (non-hydrogen) atoms. The van der Waals surface area contributed by atoms with Gasteiger partial charge in [-0.25, -0.2) is 0 Å². The van der Waals surface area contributed by atoms with Gasteiger partial charge in [0, 0.05) is 48.3 Å². The fourth-order valence-corrected chi connectivity index (χ4v) is 3.74. The van der Waals surface area contributed by atoms with Crippen molar-refractivity contribution in [3.05, 3.63) is 58.6 Å². The average Bonchev–Trinajstić information content (AvgIpc) is 2.65. The molecule has 5 nitrogen and oxygen atoms in total. The van der Waals surface area contributed by atoms with Gasteiger partial charge in [-0.2, -0.15) is 0 Å². The molecule has 5 heteroatoms. The number of Topliss-reactive ketones (excluding diaryl/α,β-unsaturated/α-hetero) is 2. The first-order valence-corrected chi connectivity index (χ1v) is 9.24. The van der Waals surface area contributed by atoms with Gasteiger partial charge < -0.3 is 14.9 Å². The van der Waals surface area contributed by atoms with Crippen molar-refractivity contribution in [2.45, 2.75) is 38.5 Å². The van der Waals surface area contributed by atoms with Crippen molar-refractivity contribution in [1.82, 2.24) is 0 Å². The zero-order valence-corrected chi connectivity index (χ0v) is 15.4. The van der Waals surface area contributed by atoms with Crippen molar-refractivity contribution in [2.75, 3.05) is 7.11 Å². The van der Waals surface area contributed by atoms with Gasteiger partial charge in [0.25, 0.3) is 0 Å². The van der Waals surface area contributed by atoms with Crippen molar-refractivity contribution in [2.24, 2.45) is 5.92 Å². The summed E-state index contributed by atoms with van der Waals surface area (Å²) in [5.74, 6) is -0.414. The molecule has 0 fully saturated rings. The minimum absolute atomic E-state index is 0.0135. The molecular formula is C22H24O5. The second-order valence-electron chi connectivity index (χ2n) is 6.85. The minimum Gasteiger partial charge on any atom is -0.512 e. The second-order valence-corrected chi connectivity index (χ2v) is 6.85. The molecule has 3 rings (SSSR count). The fourth-order valence-electron chi connectivity index (χ4n) is 3.74. The Morgan fingerprint density at radius 1 is 0.926 bits per heavy atom. The SMILES string of the molecule is COc1ccccc1/C=C/C(C1=C(O)CCCC1=O)C1=C(O)CCCC1=O. The van der Waals surface area contributed by atoms with Gasteiger partial charge >= 0.3 is 0 Å². The summed E-state index contributed by atoms with van der Waals surface area (Å²) in [5, 5.41) is 20.8. The summed E-state index contributed by atoms with van der Waals surface area (Å²) in [5.41, 5.74) is 1.24. The topological polar surface area (TPSA) is 83.8 Å². The van der Waals surface area contributed by atoms with E-state index < -0.39 is 5.92 Å². The van der Waals surface area contributed by atoms with E-state index >= 15 is 0 Å². The molecule has 142 valence electrons. The first-order chi connectivity index (χ1) is 13.0. The molecule has 0 aliphatic heterocycles. The van der Waals surface area contributed by atoms with Crippen LogP contribution in [0.25, 0.3) is 6.08 Å². The Bertz CT molecular complexity index is 802. The lowest BCUT2D eigenvalue weighted by atomic mass is 9.77. The van der Waals surface area contributed by atoms with E-state index in [4.69, 9.17) is 4.74 Å². The third kappa shape index (κ3) is 3.97. The van der Waals surface area contributed by atoms with E-state index in [0.29, 0.717) is 44.3 Å². The average molecular weight is 368 g/mol. The van der Waals surface area contributed by atoms with Gasteiger partial charge in [-0.15, -0.1) is 0 Å². The third-order valence-corrected chi connectivity index (χ3v) is 5.09. The molecule has 0 heterocycles. The molecule has 0 spiro atoms. The lowest BCUT2D eigenvalue weighted by Gasteiger charge is -2.26. The Balaban J connectivity index is 2.09. The molecule has 0 aromatic heterocycles.